The van der Waals surface area contributed by atoms with Gasteiger partial charge in [-0.25, -0.2) is 0 Å². The van der Waals surface area contributed by atoms with Gasteiger partial charge in [-0.1, -0.05) is 12.1 Å². The number of hydrogen-bond acceptors (Lipinski definition) is 3. The van der Waals surface area contributed by atoms with E-state index >= 15 is 0 Å². The van der Waals surface area contributed by atoms with Gasteiger partial charge in [-0.05, 0) is 50.2 Å². The molecule has 0 radical (unpaired) electrons. The number of anilines is 1. The monoisotopic (exact) mass is 341 g/mol. The van der Waals surface area contributed by atoms with Gasteiger partial charge < -0.3 is 15.0 Å². The zero-order chi connectivity index (χ0) is 18.4. The van der Waals surface area contributed by atoms with E-state index in [1.165, 1.54) is 6.92 Å². The van der Waals surface area contributed by atoms with Gasteiger partial charge in [0.25, 0.3) is 5.91 Å². The second-order valence-electron chi connectivity index (χ2n) is 6.22. The van der Waals surface area contributed by atoms with E-state index in [4.69, 9.17) is 4.74 Å². The molecule has 2 aromatic carbocycles. The van der Waals surface area contributed by atoms with E-state index in [9.17, 15) is 9.59 Å². The molecule has 2 atom stereocenters. The zero-order valence-corrected chi connectivity index (χ0v) is 15.1. The average Bonchev–Trinajstić information content (AvgIpc) is 2.61. The molecule has 2 N–H and O–H groups in total. The van der Waals surface area contributed by atoms with Crippen LogP contribution >= 0.6 is 0 Å². The number of ketones is 1. The van der Waals surface area contributed by atoms with Gasteiger partial charge in [0.2, 0.25) is 0 Å². The van der Waals surface area contributed by atoms with Crippen molar-refractivity contribution in [2.45, 2.75) is 26.4 Å². The van der Waals surface area contributed by atoms with Gasteiger partial charge in [0.15, 0.2) is 11.8 Å². The highest BCUT2D eigenvalue weighted by Crippen LogP contribution is 2.12. The van der Waals surface area contributed by atoms with Gasteiger partial charge >= 0.3 is 0 Å². The Bertz CT molecular complexity index is 741. The fourth-order valence-corrected chi connectivity index (χ4v) is 2.52. The summed E-state index contributed by atoms with van der Waals surface area (Å²) in [6, 6.07) is 14.6. The number of rotatable bonds is 7. The summed E-state index contributed by atoms with van der Waals surface area (Å²) in [5.74, 6) is 0.762. The van der Waals surface area contributed by atoms with Crippen molar-refractivity contribution >= 4 is 17.4 Å². The lowest BCUT2D eigenvalue weighted by molar-refractivity contribution is -0.907. The number of carbonyl (C=O) groups is 2. The van der Waals surface area contributed by atoms with Crippen molar-refractivity contribution in [2.75, 3.05) is 19.5 Å². The van der Waals surface area contributed by atoms with Crippen LogP contribution < -0.4 is 15.0 Å². The van der Waals surface area contributed by atoms with E-state index in [0.29, 0.717) is 11.3 Å². The molecule has 5 heteroatoms. The molecule has 2 aromatic rings. The van der Waals surface area contributed by atoms with Crippen molar-refractivity contribution < 1.29 is 19.2 Å². The van der Waals surface area contributed by atoms with Crippen LogP contribution in [0.2, 0.25) is 0 Å². The first-order valence-electron chi connectivity index (χ1n) is 8.28. The third-order valence-electron chi connectivity index (χ3n) is 4.31. The van der Waals surface area contributed by atoms with Crippen molar-refractivity contribution in [3.63, 3.8) is 0 Å². The summed E-state index contributed by atoms with van der Waals surface area (Å²) < 4.78 is 5.24. The highest BCUT2D eigenvalue weighted by molar-refractivity contribution is 5.96. The lowest BCUT2D eigenvalue weighted by atomic mass is 10.1. The number of amides is 1. The van der Waals surface area contributed by atoms with Crippen molar-refractivity contribution in [1.29, 1.82) is 0 Å². The fourth-order valence-electron chi connectivity index (χ4n) is 2.52. The maximum absolute atomic E-state index is 12.5. The normalized spacial score (nSPS) is 13.0. The number of carbonyl (C=O) groups excluding carboxylic acids is 2. The molecular weight excluding hydrogens is 316 g/mol. The van der Waals surface area contributed by atoms with Gasteiger partial charge in [0.1, 0.15) is 12.3 Å². The predicted molar refractivity (Wildman–Crippen MR) is 98.1 cm³/mol. The van der Waals surface area contributed by atoms with Crippen LogP contribution in [0, 0.1) is 0 Å². The quantitative estimate of drug-likeness (QED) is 0.757. The Labute approximate surface area is 148 Å². The van der Waals surface area contributed by atoms with E-state index in [1.807, 2.05) is 38.2 Å². The highest BCUT2D eigenvalue weighted by Gasteiger charge is 2.22. The number of likely N-dealkylation sites (N-methyl/N-ethyl adjacent to an activating group) is 1. The number of hydrogen-bond donors (Lipinski definition) is 2. The summed E-state index contributed by atoms with van der Waals surface area (Å²) >= 11 is 0. The summed E-state index contributed by atoms with van der Waals surface area (Å²) in [6.07, 6.45) is 0. The maximum atomic E-state index is 12.5. The van der Waals surface area contributed by atoms with E-state index in [1.54, 1.807) is 31.4 Å². The Morgan fingerprint density at radius 3 is 2.44 bits per heavy atom. The summed E-state index contributed by atoms with van der Waals surface area (Å²) in [6.45, 7) is 4.14. The third-order valence-corrected chi connectivity index (χ3v) is 4.31. The van der Waals surface area contributed by atoms with Crippen LogP contribution in [-0.4, -0.2) is 31.9 Å². The first-order chi connectivity index (χ1) is 11.9. The lowest BCUT2D eigenvalue weighted by Gasteiger charge is -2.21. The predicted octanol–water partition coefficient (Wildman–Crippen LogP) is 1.94. The van der Waals surface area contributed by atoms with E-state index in [-0.39, 0.29) is 17.7 Å². The maximum Gasteiger partial charge on any atom is 0.282 e. The molecule has 0 bridgehead atoms. The van der Waals surface area contributed by atoms with Crippen LogP contribution in [0.1, 0.15) is 29.8 Å². The van der Waals surface area contributed by atoms with Crippen molar-refractivity contribution in [1.82, 2.24) is 0 Å². The minimum absolute atomic E-state index is 0.00807. The van der Waals surface area contributed by atoms with Crippen LogP contribution in [-0.2, 0) is 11.3 Å². The molecule has 25 heavy (non-hydrogen) atoms. The molecule has 0 aliphatic carbocycles. The smallest absolute Gasteiger partial charge is 0.282 e. The second kappa shape index (κ2) is 8.44. The molecule has 0 aliphatic rings. The van der Waals surface area contributed by atoms with Crippen LogP contribution in [0.3, 0.4) is 0 Å². The fraction of sp³-hybridized carbons (Fsp3) is 0.300. The van der Waals surface area contributed by atoms with Crippen molar-refractivity contribution in [3.05, 3.63) is 59.7 Å². The second-order valence-corrected chi connectivity index (χ2v) is 6.22. The van der Waals surface area contributed by atoms with Gasteiger partial charge in [-0.2, -0.15) is 0 Å². The zero-order valence-electron chi connectivity index (χ0n) is 15.1. The van der Waals surface area contributed by atoms with Crippen molar-refractivity contribution in [3.8, 4) is 5.75 Å². The topological polar surface area (TPSA) is 59.8 Å². The van der Waals surface area contributed by atoms with Gasteiger partial charge in [-0.15, -0.1) is 0 Å². The first kappa shape index (κ1) is 18.7. The molecule has 0 saturated carbocycles. The molecule has 1 unspecified atom stereocenters. The van der Waals surface area contributed by atoms with E-state index < -0.39 is 0 Å². The summed E-state index contributed by atoms with van der Waals surface area (Å²) in [5, 5.41) is 2.90. The minimum Gasteiger partial charge on any atom is -0.497 e. The van der Waals surface area contributed by atoms with Crippen molar-refractivity contribution in [2.24, 2.45) is 0 Å². The molecule has 0 fully saturated rings. The van der Waals surface area contributed by atoms with Crippen LogP contribution in [0.5, 0.6) is 5.75 Å². The van der Waals surface area contributed by atoms with E-state index in [0.717, 1.165) is 22.8 Å². The molecule has 2 rings (SSSR count). The average molecular weight is 341 g/mol. The number of methoxy groups -OCH3 is 1. The number of quaternary nitrogens is 1. The summed E-state index contributed by atoms with van der Waals surface area (Å²) in [5.41, 5.74) is 2.44. The van der Waals surface area contributed by atoms with Crippen LogP contribution in [0.4, 0.5) is 5.69 Å². The van der Waals surface area contributed by atoms with Crippen LogP contribution in [0.25, 0.3) is 0 Å². The van der Waals surface area contributed by atoms with Gasteiger partial charge in [0, 0.05) is 16.8 Å². The molecule has 1 amide bonds. The third kappa shape index (κ3) is 5.16. The molecular formula is C20H25N2O3+. The molecule has 0 aromatic heterocycles. The lowest BCUT2D eigenvalue weighted by Crippen LogP contribution is -3.12. The number of benzene rings is 2. The van der Waals surface area contributed by atoms with Gasteiger partial charge in [-0.3, -0.25) is 9.59 Å². The minimum atomic E-state index is -0.223. The molecule has 0 aliphatic heterocycles. The molecule has 0 heterocycles. The largest absolute Gasteiger partial charge is 0.497 e. The summed E-state index contributed by atoms with van der Waals surface area (Å²) in [4.78, 5) is 24.8. The molecule has 132 valence electrons. The number of nitrogens with one attached hydrogen (secondary N) is 2. The molecule has 0 saturated heterocycles. The summed E-state index contributed by atoms with van der Waals surface area (Å²) in [7, 11) is 3.63. The first-order valence-corrected chi connectivity index (χ1v) is 8.28. The van der Waals surface area contributed by atoms with Crippen LogP contribution in [0.15, 0.2) is 48.5 Å². The highest BCUT2D eigenvalue weighted by atomic mass is 16.5. The standard InChI is InChI=1S/C20H24N2O3/c1-14(22(3)13-16-6-5-7-19(12-16)25-4)20(24)21-18-10-8-17(9-11-18)15(2)23/h5-12,14H,13H2,1-4H3,(H,21,24)/p+1/t14-/m1/s1. The number of Topliss-reactive ketones (excluding diaryl/α,β-unsaturated/α-hetero) is 1. The Morgan fingerprint density at radius 2 is 1.84 bits per heavy atom. The Hall–Kier alpha value is -2.66. The Kier molecular flexibility index (Phi) is 6.31. The van der Waals surface area contributed by atoms with E-state index in [2.05, 4.69) is 5.32 Å². The molecule has 0 spiro atoms. The SMILES string of the molecule is COc1cccc(C[NH+](C)[C@H](C)C(=O)Nc2ccc(C(C)=O)cc2)c1. The number of ether oxygens (including phenoxy) is 1. The Morgan fingerprint density at radius 1 is 1.16 bits per heavy atom. The molecule has 5 nitrogen and oxygen atoms in total. The van der Waals surface area contributed by atoms with Gasteiger partial charge in [0.05, 0.1) is 14.2 Å². The Balaban J connectivity index is 1.97.